The van der Waals surface area contributed by atoms with Crippen LogP contribution in [-0.2, 0) is 10.4 Å². The second kappa shape index (κ2) is 8.96. The van der Waals surface area contributed by atoms with Crippen molar-refractivity contribution in [2.45, 2.75) is 51.7 Å². The summed E-state index contributed by atoms with van der Waals surface area (Å²) in [5.41, 5.74) is -0.316. The van der Waals surface area contributed by atoms with Crippen LogP contribution in [0.25, 0.3) is 0 Å². The second-order valence-electron chi connectivity index (χ2n) is 11.0. The Bertz CT molecular complexity index is 1030. The average Bonchev–Trinajstić information content (AvgIpc) is 3.23. The van der Waals surface area contributed by atoms with Crippen LogP contribution in [0.3, 0.4) is 0 Å². The molecule has 8 heteroatoms. The van der Waals surface area contributed by atoms with Crippen molar-refractivity contribution in [3.63, 3.8) is 0 Å². The van der Waals surface area contributed by atoms with Crippen LogP contribution in [0.1, 0.15) is 51.7 Å². The number of piperidine rings is 1. The van der Waals surface area contributed by atoms with E-state index < -0.39 is 23.2 Å². The fourth-order valence-electron chi connectivity index (χ4n) is 5.71. The van der Waals surface area contributed by atoms with Crippen LogP contribution in [0.4, 0.5) is 8.78 Å². The number of carbonyl (C=O) groups is 1. The first-order chi connectivity index (χ1) is 15.9. The lowest BCUT2D eigenvalue weighted by atomic mass is 9.71. The average molecular weight is 473 g/mol. The highest BCUT2D eigenvalue weighted by molar-refractivity contribution is 5.81. The van der Waals surface area contributed by atoms with Gasteiger partial charge in [0.05, 0.1) is 5.92 Å². The Labute approximate surface area is 200 Å². The molecule has 1 aromatic carbocycles. The largest absolute Gasteiger partial charge is 0.384 e. The summed E-state index contributed by atoms with van der Waals surface area (Å²) in [6, 6.07) is 3.62. The maximum atomic E-state index is 14.8. The molecule has 2 aliphatic heterocycles. The van der Waals surface area contributed by atoms with E-state index in [4.69, 9.17) is 0 Å². The normalized spacial score (nSPS) is 30.5. The first kappa shape index (κ1) is 24.7. The number of benzene rings is 1. The van der Waals surface area contributed by atoms with E-state index in [0.717, 1.165) is 6.07 Å². The van der Waals surface area contributed by atoms with Crippen LogP contribution in [0.15, 0.2) is 36.9 Å². The number of hydrogen-bond donors (Lipinski definition) is 1. The number of hydrogen-bond acceptors (Lipinski definition) is 5. The summed E-state index contributed by atoms with van der Waals surface area (Å²) < 4.78 is 28.4. The molecule has 0 radical (unpaired) electrons. The van der Waals surface area contributed by atoms with Crippen LogP contribution < -0.4 is 0 Å². The molecule has 0 aliphatic carbocycles. The zero-order chi connectivity index (χ0) is 24.8. The number of amides is 1. The second-order valence-corrected chi connectivity index (χ2v) is 11.0. The van der Waals surface area contributed by atoms with Gasteiger partial charge in [-0.25, -0.2) is 18.7 Å². The minimum atomic E-state index is -1.15. The van der Waals surface area contributed by atoms with Crippen molar-refractivity contribution in [2.75, 3.05) is 26.2 Å². The molecule has 2 aliphatic rings. The third kappa shape index (κ3) is 4.33. The Morgan fingerprint density at radius 1 is 1.06 bits per heavy atom. The maximum Gasteiger partial charge on any atom is 0.227 e. The molecule has 1 aromatic heterocycles. The standard InChI is InChI=1S/C26H34F2N4O2/c1-16-11-31(12-17(2)26(16,34)18-9-29-15-30-10-18)24(33)22-14-32(25(3,4)5)13-21(22)20-7-6-19(27)8-23(20)28/h6-10,15-17,21-22,34H,11-14H2,1-5H3/t16-,17+,21-,22+,26?/m0/s1. The molecular weight excluding hydrogens is 438 g/mol. The van der Waals surface area contributed by atoms with E-state index in [2.05, 4.69) is 35.6 Å². The number of likely N-dealkylation sites (tertiary alicyclic amines) is 2. The lowest BCUT2D eigenvalue weighted by Gasteiger charge is -2.48. The third-order valence-corrected chi connectivity index (χ3v) is 7.77. The third-order valence-electron chi connectivity index (χ3n) is 7.77. The topological polar surface area (TPSA) is 69.6 Å². The summed E-state index contributed by atoms with van der Waals surface area (Å²) in [7, 11) is 0. The molecule has 5 atom stereocenters. The van der Waals surface area contributed by atoms with Gasteiger partial charge in [-0.3, -0.25) is 9.69 Å². The minimum absolute atomic E-state index is 0.0504. The fraction of sp³-hybridized carbons (Fsp3) is 0.577. The van der Waals surface area contributed by atoms with Gasteiger partial charge < -0.3 is 10.0 Å². The number of aromatic nitrogens is 2. The van der Waals surface area contributed by atoms with Crippen molar-refractivity contribution in [1.82, 2.24) is 19.8 Å². The van der Waals surface area contributed by atoms with E-state index in [1.165, 1.54) is 18.5 Å². The number of halogens is 2. The molecule has 34 heavy (non-hydrogen) atoms. The molecule has 4 rings (SSSR count). The van der Waals surface area contributed by atoms with E-state index in [1.54, 1.807) is 17.3 Å². The minimum Gasteiger partial charge on any atom is -0.384 e. The van der Waals surface area contributed by atoms with E-state index in [0.29, 0.717) is 37.3 Å². The lowest BCUT2D eigenvalue weighted by molar-refractivity contribution is -0.152. The van der Waals surface area contributed by atoms with Gasteiger partial charge in [0.15, 0.2) is 0 Å². The number of aliphatic hydroxyl groups is 1. The van der Waals surface area contributed by atoms with Crippen molar-refractivity contribution < 1.29 is 18.7 Å². The lowest BCUT2D eigenvalue weighted by Crippen LogP contribution is -2.57. The number of nitrogens with zero attached hydrogens (tertiary/aromatic N) is 4. The van der Waals surface area contributed by atoms with Crippen LogP contribution in [0.2, 0.25) is 0 Å². The van der Waals surface area contributed by atoms with Crippen molar-refractivity contribution >= 4 is 5.91 Å². The zero-order valence-electron chi connectivity index (χ0n) is 20.5. The molecule has 3 heterocycles. The van der Waals surface area contributed by atoms with Crippen molar-refractivity contribution in [2.24, 2.45) is 17.8 Å². The highest BCUT2D eigenvalue weighted by Crippen LogP contribution is 2.43. The Morgan fingerprint density at radius 3 is 2.24 bits per heavy atom. The van der Waals surface area contributed by atoms with Gasteiger partial charge in [-0.2, -0.15) is 0 Å². The molecule has 2 aromatic rings. The molecule has 2 saturated heterocycles. The van der Waals surface area contributed by atoms with Gasteiger partial charge in [-0.05, 0) is 32.4 Å². The van der Waals surface area contributed by atoms with E-state index in [1.807, 2.05) is 13.8 Å². The predicted octanol–water partition coefficient (Wildman–Crippen LogP) is 3.57. The molecule has 1 N–H and O–H groups in total. The van der Waals surface area contributed by atoms with Crippen LogP contribution in [0.5, 0.6) is 0 Å². The molecule has 6 nitrogen and oxygen atoms in total. The van der Waals surface area contributed by atoms with Crippen LogP contribution in [0, 0.1) is 29.4 Å². The van der Waals surface area contributed by atoms with Gasteiger partial charge in [0.25, 0.3) is 0 Å². The Kier molecular flexibility index (Phi) is 6.50. The predicted molar refractivity (Wildman–Crippen MR) is 125 cm³/mol. The number of rotatable bonds is 3. The van der Waals surface area contributed by atoms with Crippen molar-refractivity contribution in [1.29, 1.82) is 0 Å². The summed E-state index contributed by atoms with van der Waals surface area (Å²) in [5.74, 6) is -2.61. The maximum absolute atomic E-state index is 14.8. The first-order valence-corrected chi connectivity index (χ1v) is 11.9. The Balaban J connectivity index is 1.61. The summed E-state index contributed by atoms with van der Waals surface area (Å²) in [5, 5.41) is 11.6. The van der Waals surface area contributed by atoms with E-state index in [9.17, 15) is 18.7 Å². The Morgan fingerprint density at radius 2 is 1.68 bits per heavy atom. The fourth-order valence-corrected chi connectivity index (χ4v) is 5.71. The molecule has 1 unspecified atom stereocenters. The molecule has 0 saturated carbocycles. The van der Waals surface area contributed by atoms with Gasteiger partial charge in [-0.1, -0.05) is 19.9 Å². The summed E-state index contributed by atoms with van der Waals surface area (Å²) in [6.45, 7) is 11.8. The van der Waals surface area contributed by atoms with Crippen molar-refractivity contribution in [3.05, 3.63) is 59.7 Å². The highest BCUT2D eigenvalue weighted by atomic mass is 19.1. The summed E-state index contributed by atoms with van der Waals surface area (Å²) >= 11 is 0. The molecule has 1 amide bonds. The smallest absolute Gasteiger partial charge is 0.227 e. The molecule has 0 spiro atoms. The summed E-state index contributed by atoms with van der Waals surface area (Å²) in [6.07, 6.45) is 4.68. The quantitative estimate of drug-likeness (QED) is 0.740. The monoisotopic (exact) mass is 472 g/mol. The van der Waals surface area contributed by atoms with Gasteiger partial charge in [0.1, 0.15) is 23.6 Å². The van der Waals surface area contributed by atoms with Crippen molar-refractivity contribution in [3.8, 4) is 0 Å². The van der Waals surface area contributed by atoms with Gasteiger partial charge >= 0.3 is 0 Å². The molecule has 0 bridgehead atoms. The number of carbonyl (C=O) groups excluding carboxylic acids is 1. The van der Waals surface area contributed by atoms with Gasteiger partial charge in [-0.15, -0.1) is 0 Å². The molecule has 184 valence electrons. The Hall–Kier alpha value is -2.45. The van der Waals surface area contributed by atoms with E-state index in [-0.39, 0.29) is 29.2 Å². The molecular formula is C26H34F2N4O2. The highest BCUT2D eigenvalue weighted by Gasteiger charge is 2.50. The first-order valence-electron chi connectivity index (χ1n) is 11.9. The molecule has 2 fully saturated rings. The SMILES string of the molecule is C[C@@H]1CN(C(=O)[C@@H]2CN(C(C)(C)C)C[C@H]2c2ccc(F)cc2F)C[C@H](C)C1(O)c1cncnc1. The van der Waals surface area contributed by atoms with Crippen LogP contribution >= 0.6 is 0 Å². The zero-order valence-corrected chi connectivity index (χ0v) is 20.5. The summed E-state index contributed by atoms with van der Waals surface area (Å²) in [4.78, 5) is 26.0. The van der Waals surface area contributed by atoms with Crippen LogP contribution in [-0.4, -0.2) is 62.5 Å². The van der Waals surface area contributed by atoms with E-state index >= 15 is 0 Å². The van der Waals surface area contributed by atoms with Gasteiger partial charge in [0, 0.05) is 73.5 Å². The van der Waals surface area contributed by atoms with Gasteiger partial charge in [0.2, 0.25) is 5.91 Å².